The lowest BCUT2D eigenvalue weighted by Gasteiger charge is -2.29. The van der Waals surface area contributed by atoms with Gasteiger partial charge in [0.2, 0.25) is 0 Å². The molecule has 0 spiro atoms. The molecule has 2 aromatic carbocycles. The van der Waals surface area contributed by atoms with Crippen molar-refractivity contribution in [2.75, 3.05) is 75.3 Å². The van der Waals surface area contributed by atoms with Crippen molar-refractivity contribution < 1.29 is 46.9 Å². The molecule has 2 atom stereocenters. The molecule has 0 aliphatic carbocycles. The molecule has 2 saturated heterocycles. The minimum Gasteiger partial charge on any atom is -0.444 e. The maximum absolute atomic E-state index is 16.0. The first-order valence-corrected chi connectivity index (χ1v) is 28.4. The quantitative estimate of drug-likeness (QED) is 0.0604. The number of nitrogens with zero attached hydrogens (tertiary/aromatic N) is 6. The van der Waals surface area contributed by atoms with Crippen molar-refractivity contribution in [3.63, 3.8) is 0 Å². The summed E-state index contributed by atoms with van der Waals surface area (Å²) < 4.78 is 59.2. The van der Waals surface area contributed by atoms with Gasteiger partial charge in [-0.15, -0.1) is 0 Å². The van der Waals surface area contributed by atoms with Crippen LogP contribution in [0.5, 0.6) is 0 Å². The van der Waals surface area contributed by atoms with Crippen LogP contribution in [0.4, 0.5) is 18.4 Å². The normalized spacial score (nSPS) is 18.0. The Bertz CT molecular complexity index is 2320. The van der Waals surface area contributed by atoms with Crippen LogP contribution in [0.25, 0.3) is 22.1 Å². The number of hydrogen-bond donors (Lipinski definition) is 0. The highest BCUT2D eigenvalue weighted by Gasteiger charge is 2.38. The summed E-state index contributed by atoms with van der Waals surface area (Å²) in [5.74, 6) is -0.700. The highest BCUT2D eigenvalue weighted by Crippen LogP contribution is 2.38. The third kappa shape index (κ3) is 12.7. The number of likely N-dealkylation sites (tertiary alicyclic amines) is 2. The average Bonchev–Trinajstić information content (AvgIpc) is 4.00. The van der Waals surface area contributed by atoms with Gasteiger partial charge in [-0.25, -0.2) is 48.4 Å². The second-order valence-electron chi connectivity index (χ2n) is 20.8. The molecular formula is C48H68F2N6O8S2. The number of fused-ring (bicyclic) bond motifs is 2. The third-order valence-electron chi connectivity index (χ3n) is 11.1. The van der Waals surface area contributed by atoms with E-state index in [4.69, 9.17) is 28.9 Å². The first-order valence-electron chi connectivity index (χ1n) is 22.3. The van der Waals surface area contributed by atoms with Gasteiger partial charge in [-0.2, -0.15) is 0 Å². The van der Waals surface area contributed by atoms with Crippen molar-refractivity contribution in [3.05, 3.63) is 70.8 Å². The number of carbonyl (C=O) groups excluding carboxylic acids is 4. The van der Waals surface area contributed by atoms with Gasteiger partial charge in [0.05, 0.1) is 58.5 Å². The SMILES string of the molecule is CC(C)(C)OC(=O)N1CCC[C@H]1c1nc2cc(C(=O)/C=C/C(=O)c3cc4nc([C@@H]5CCCN5C(=O)OC(C)(C)C)n(COCCS(C)(C)C)c4cc3F)c(F)cc2n1COCCS(C)(C)C. The van der Waals surface area contributed by atoms with E-state index in [1.807, 2.05) is 0 Å². The van der Waals surface area contributed by atoms with Gasteiger partial charge >= 0.3 is 12.2 Å². The second-order valence-corrected chi connectivity index (χ2v) is 30.0. The monoisotopic (exact) mass is 958 g/mol. The van der Waals surface area contributed by atoms with E-state index in [0.29, 0.717) is 85.7 Å². The van der Waals surface area contributed by atoms with Gasteiger partial charge in [-0.1, -0.05) is 0 Å². The first-order chi connectivity index (χ1) is 30.7. The predicted molar refractivity (Wildman–Crippen MR) is 259 cm³/mol. The first kappa shape index (κ1) is 50.9. The number of halogens is 2. The van der Waals surface area contributed by atoms with Crippen LogP contribution in [-0.2, 0) is 32.4 Å². The molecule has 66 heavy (non-hydrogen) atoms. The smallest absolute Gasteiger partial charge is 0.410 e. The van der Waals surface area contributed by atoms with Gasteiger partial charge in [-0.05, 0) is 129 Å². The Hall–Kier alpha value is -4.52. The lowest BCUT2D eigenvalue weighted by molar-refractivity contribution is 0.0196. The topological polar surface area (TPSA) is 147 Å². The van der Waals surface area contributed by atoms with Crippen molar-refractivity contribution in [1.29, 1.82) is 0 Å². The van der Waals surface area contributed by atoms with Crippen molar-refractivity contribution in [3.8, 4) is 0 Å². The Morgan fingerprint density at radius 2 is 1.00 bits per heavy atom. The van der Waals surface area contributed by atoms with Crippen molar-refractivity contribution in [1.82, 2.24) is 28.9 Å². The molecule has 6 rings (SSSR count). The number of aromatic nitrogens is 4. The zero-order chi connectivity index (χ0) is 48.5. The number of ether oxygens (including phenoxy) is 4. The Morgan fingerprint density at radius 3 is 1.33 bits per heavy atom. The van der Waals surface area contributed by atoms with Crippen LogP contribution in [0.1, 0.15) is 112 Å². The van der Waals surface area contributed by atoms with Gasteiger partial charge in [0, 0.05) is 36.7 Å². The molecule has 0 saturated carbocycles. The van der Waals surface area contributed by atoms with Gasteiger partial charge in [0.25, 0.3) is 0 Å². The molecule has 364 valence electrons. The Labute approximate surface area is 390 Å². The molecule has 2 aromatic heterocycles. The van der Waals surface area contributed by atoms with Gasteiger partial charge in [-0.3, -0.25) is 19.4 Å². The van der Waals surface area contributed by atoms with E-state index in [0.717, 1.165) is 23.7 Å². The zero-order valence-corrected chi connectivity index (χ0v) is 42.3. The molecule has 2 aliphatic heterocycles. The fourth-order valence-corrected chi connectivity index (χ4v) is 9.13. The van der Waals surface area contributed by atoms with E-state index in [2.05, 4.69) is 37.5 Å². The average molecular weight is 959 g/mol. The largest absolute Gasteiger partial charge is 0.444 e. The third-order valence-corrected chi connectivity index (χ3v) is 13.9. The van der Waals surface area contributed by atoms with Crippen LogP contribution in [-0.4, -0.2) is 139 Å². The molecule has 18 heteroatoms. The van der Waals surface area contributed by atoms with E-state index >= 15 is 8.78 Å². The van der Waals surface area contributed by atoms with Gasteiger partial charge in [0.15, 0.2) is 11.6 Å². The highest BCUT2D eigenvalue weighted by molar-refractivity contribution is 8.32. The van der Waals surface area contributed by atoms with Gasteiger partial charge in [0.1, 0.15) is 47.9 Å². The molecule has 4 heterocycles. The van der Waals surface area contributed by atoms with Crippen LogP contribution in [0.3, 0.4) is 0 Å². The standard InChI is InChI=1S/C48H68F2N6O8S2/c1-47(2,3)63-45(59)53-19-13-15-37(53)43-51-35-25-31(33(49)27-39(35)55(43)29-61-21-23-65(7,8)9)41(57)17-18-42(58)32-26-36-40(28-34(32)50)56(30-62-22-24-66(10,11)12)44(52-36)38-16-14-20-54(38)46(60)64-48(4,5)6/h17-18,25-28,37-38H,13-16,19-24,29-30H2,1-12H3/b18-17+/t37-,38-/m0/s1. The number of ketones is 2. The molecule has 2 fully saturated rings. The molecule has 2 amide bonds. The number of rotatable bonds is 16. The van der Waals surface area contributed by atoms with E-state index in [1.54, 1.807) is 60.5 Å². The fourth-order valence-electron chi connectivity index (χ4n) is 7.90. The summed E-state index contributed by atoms with van der Waals surface area (Å²) in [5.41, 5.74) is -0.762. The van der Waals surface area contributed by atoms with Gasteiger partial charge < -0.3 is 28.1 Å². The molecule has 0 radical (unpaired) electrons. The van der Waals surface area contributed by atoms with E-state index in [1.165, 1.54) is 24.3 Å². The summed E-state index contributed by atoms with van der Waals surface area (Å²) in [6.45, 7) is 12.7. The molecule has 14 nitrogen and oxygen atoms in total. The van der Waals surface area contributed by atoms with Crippen LogP contribution >= 0.6 is 20.1 Å². The number of hydrogen-bond acceptors (Lipinski definition) is 10. The predicted octanol–water partition coefficient (Wildman–Crippen LogP) is 9.77. The number of benzene rings is 2. The summed E-state index contributed by atoms with van der Waals surface area (Å²) in [4.78, 5) is 66.9. The number of imidazole rings is 2. The minimum atomic E-state index is -0.851. The second kappa shape index (κ2) is 20.0. The van der Waals surface area contributed by atoms with Crippen LogP contribution in [0.15, 0.2) is 36.4 Å². The van der Waals surface area contributed by atoms with Crippen LogP contribution in [0, 0.1) is 11.6 Å². The molecule has 0 bridgehead atoms. The zero-order valence-electron chi connectivity index (χ0n) is 40.6. The highest BCUT2D eigenvalue weighted by atomic mass is 32.3. The molecular weight excluding hydrogens is 891 g/mol. The molecule has 0 N–H and O–H groups in total. The fraction of sp³-hybridized carbons (Fsp3) is 0.583. The summed E-state index contributed by atoms with van der Waals surface area (Å²) in [6, 6.07) is 4.10. The molecule has 2 aliphatic rings. The molecule has 0 unspecified atom stereocenters. The lowest BCUT2D eigenvalue weighted by Crippen LogP contribution is -2.37. The van der Waals surface area contributed by atoms with E-state index in [9.17, 15) is 19.2 Å². The maximum atomic E-state index is 16.0. The number of carbonyl (C=O) groups is 4. The summed E-state index contributed by atoms with van der Waals surface area (Å²) in [5, 5.41) is 0. The van der Waals surface area contributed by atoms with E-state index in [-0.39, 0.29) is 24.6 Å². The minimum absolute atomic E-state index is 0.0461. The Kier molecular flexibility index (Phi) is 15.4. The van der Waals surface area contributed by atoms with Crippen LogP contribution < -0.4 is 0 Å². The van der Waals surface area contributed by atoms with Crippen molar-refractivity contribution >= 4 is 65.9 Å². The summed E-state index contributed by atoms with van der Waals surface area (Å²) in [7, 11) is -1.70. The number of amides is 2. The Balaban J connectivity index is 1.29. The lowest BCUT2D eigenvalue weighted by atomic mass is 10.1. The summed E-state index contributed by atoms with van der Waals surface area (Å²) >= 11 is 0. The van der Waals surface area contributed by atoms with Crippen molar-refractivity contribution in [2.45, 2.75) is 104 Å². The molecule has 4 aromatic rings. The maximum Gasteiger partial charge on any atom is 0.410 e. The van der Waals surface area contributed by atoms with E-state index < -0.39 is 78.7 Å². The van der Waals surface area contributed by atoms with Crippen LogP contribution in [0.2, 0.25) is 0 Å². The Morgan fingerprint density at radius 1 is 0.636 bits per heavy atom. The van der Waals surface area contributed by atoms with Crippen molar-refractivity contribution in [2.24, 2.45) is 0 Å². The number of allylic oxidation sites excluding steroid dienone is 2. The summed E-state index contributed by atoms with van der Waals surface area (Å²) in [6.07, 6.45) is 16.6.